The molecule has 0 aromatic heterocycles. The van der Waals surface area contributed by atoms with E-state index in [4.69, 9.17) is 9.47 Å². The number of ether oxygens (including phenoxy) is 2. The second kappa shape index (κ2) is 11.8. The molecule has 0 spiro atoms. The lowest BCUT2D eigenvalue weighted by atomic mass is 10.1. The Hall–Kier alpha value is -3.75. The monoisotopic (exact) mass is 454 g/mol. The lowest BCUT2D eigenvalue weighted by molar-refractivity contribution is -0.141. The van der Waals surface area contributed by atoms with Gasteiger partial charge in [-0.1, -0.05) is 12.1 Å². The van der Waals surface area contributed by atoms with E-state index in [1.165, 1.54) is 0 Å². The van der Waals surface area contributed by atoms with Gasteiger partial charge in [0.05, 0.1) is 25.1 Å². The number of hydrogen-bond donors (Lipinski definition) is 3. The van der Waals surface area contributed by atoms with Crippen LogP contribution in [0.1, 0.15) is 35.7 Å². The molecule has 9 heteroatoms. The normalized spacial score (nSPS) is 12.7. The van der Waals surface area contributed by atoms with Crippen LogP contribution >= 0.6 is 0 Å². The van der Waals surface area contributed by atoms with Crippen LogP contribution < -0.4 is 25.6 Å². The Labute approximate surface area is 193 Å². The summed E-state index contributed by atoms with van der Waals surface area (Å²) >= 11 is 0. The number of rotatable bonds is 9. The van der Waals surface area contributed by atoms with Crippen molar-refractivity contribution in [2.24, 2.45) is 0 Å². The zero-order valence-corrected chi connectivity index (χ0v) is 19.0. The molecule has 9 nitrogen and oxygen atoms in total. The van der Waals surface area contributed by atoms with Crippen molar-refractivity contribution in [2.75, 3.05) is 43.6 Å². The Kier molecular flexibility index (Phi) is 8.51. The summed E-state index contributed by atoms with van der Waals surface area (Å²) in [5.74, 6) is -0.0209. The number of carbonyl (C=O) groups is 3. The molecule has 0 bridgehead atoms. The third kappa shape index (κ3) is 6.86. The van der Waals surface area contributed by atoms with E-state index in [-0.39, 0.29) is 19.1 Å². The minimum atomic E-state index is -0.542. The summed E-state index contributed by atoms with van der Waals surface area (Å²) in [5.41, 5.74) is 2.71. The van der Waals surface area contributed by atoms with Crippen LogP contribution in [0.5, 0.6) is 5.75 Å². The van der Waals surface area contributed by atoms with E-state index in [1.807, 2.05) is 30.3 Å². The third-order valence-electron chi connectivity index (χ3n) is 5.26. The molecule has 2 aromatic carbocycles. The molecule has 1 saturated heterocycles. The van der Waals surface area contributed by atoms with Crippen LogP contribution in [-0.2, 0) is 16.1 Å². The predicted molar refractivity (Wildman–Crippen MR) is 126 cm³/mol. The number of amides is 3. The van der Waals surface area contributed by atoms with Crippen molar-refractivity contribution in [3.05, 3.63) is 53.6 Å². The first-order valence-electron chi connectivity index (χ1n) is 11.0. The first-order chi connectivity index (χ1) is 16.0. The Morgan fingerprint density at radius 3 is 2.39 bits per heavy atom. The summed E-state index contributed by atoms with van der Waals surface area (Å²) < 4.78 is 9.97. The van der Waals surface area contributed by atoms with Gasteiger partial charge in [-0.15, -0.1) is 0 Å². The highest BCUT2D eigenvalue weighted by Crippen LogP contribution is 2.30. The molecular weight excluding hydrogens is 424 g/mol. The van der Waals surface area contributed by atoms with Crippen molar-refractivity contribution in [3.63, 3.8) is 0 Å². The summed E-state index contributed by atoms with van der Waals surface area (Å²) in [6, 6.07) is 12.1. The van der Waals surface area contributed by atoms with Crippen molar-refractivity contribution >= 4 is 29.3 Å². The van der Waals surface area contributed by atoms with E-state index >= 15 is 0 Å². The Balaban J connectivity index is 1.69. The molecule has 0 saturated carbocycles. The lowest BCUT2D eigenvalue weighted by Gasteiger charge is -2.22. The van der Waals surface area contributed by atoms with Crippen molar-refractivity contribution < 1.29 is 23.9 Å². The largest absolute Gasteiger partial charge is 0.497 e. The molecule has 176 valence electrons. The van der Waals surface area contributed by atoms with Crippen LogP contribution in [0.2, 0.25) is 0 Å². The van der Waals surface area contributed by atoms with Crippen LogP contribution in [0, 0.1) is 0 Å². The number of esters is 1. The summed E-state index contributed by atoms with van der Waals surface area (Å²) in [5, 5.41) is 8.15. The van der Waals surface area contributed by atoms with Gasteiger partial charge in [0.2, 0.25) is 0 Å². The van der Waals surface area contributed by atoms with Crippen LogP contribution in [0.15, 0.2) is 42.5 Å². The quantitative estimate of drug-likeness (QED) is 0.503. The van der Waals surface area contributed by atoms with Gasteiger partial charge in [0.15, 0.2) is 0 Å². The number of benzene rings is 2. The van der Waals surface area contributed by atoms with E-state index in [1.54, 1.807) is 26.2 Å². The number of anilines is 2. The molecule has 3 N–H and O–H groups in total. The Morgan fingerprint density at radius 2 is 1.73 bits per heavy atom. The molecule has 1 fully saturated rings. The van der Waals surface area contributed by atoms with Crippen LogP contribution in [0.25, 0.3) is 0 Å². The average molecular weight is 455 g/mol. The maximum atomic E-state index is 12.8. The van der Waals surface area contributed by atoms with Gasteiger partial charge < -0.3 is 30.3 Å². The molecule has 1 heterocycles. The highest BCUT2D eigenvalue weighted by molar-refractivity contribution is 6.00. The zero-order valence-electron chi connectivity index (χ0n) is 19.0. The van der Waals surface area contributed by atoms with E-state index in [2.05, 4.69) is 20.9 Å². The second-order valence-electron chi connectivity index (χ2n) is 7.57. The van der Waals surface area contributed by atoms with Gasteiger partial charge in [0.25, 0.3) is 5.91 Å². The fourth-order valence-electron chi connectivity index (χ4n) is 3.57. The van der Waals surface area contributed by atoms with Crippen molar-refractivity contribution in [1.82, 2.24) is 10.6 Å². The van der Waals surface area contributed by atoms with Crippen LogP contribution in [0.4, 0.5) is 16.2 Å². The highest BCUT2D eigenvalue weighted by Gasteiger charge is 2.19. The smallest absolute Gasteiger partial charge is 0.325 e. The number of nitrogens with zero attached hydrogens (tertiary/aromatic N) is 1. The third-order valence-corrected chi connectivity index (χ3v) is 5.26. The van der Waals surface area contributed by atoms with Gasteiger partial charge in [-0.05, 0) is 55.7 Å². The molecule has 3 amide bonds. The van der Waals surface area contributed by atoms with Crippen LogP contribution in [-0.4, -0.2) is 51.3 Å². The molecule has 0 aliphatic carbocycles. The van der Waals surface area contributed by atoms with E-state index < -0.39 is 12.0 Å². The molecular formula is C24H30N4O5. The number of carbonyl (C=O) groups excluding carboxylic acids is 3. The number of urea groups is 1. The van der Waals surface area contributed by atoms with Crippen molar-refractivity contribution in [2.45, 2.75) is 26.3 Å². The molecule has 1 aliphatic rings. The minimum absolute atomic E-state index is 0.235. The van der Waals surface area contributed by atoms with E-state index in [0.29, 0.717) is 17.8 Å². The highest BCUT2D eigenvalue weighted by atomic mass is 16.5. The second-order valence-corrected chi connectivity index (χ2v) is 7.57. The fraction of sp³-hybridized carbons (Fsp3) is 0.375. The predicted octanol–water partition coefficient (Wildman–Crippen LogP) is 2.91. The summed E-state index contributed by atoms with van der Waals surface area (Å²) in [6.45, 7) is 3.82. The number of methoxy groups -OCH3 is 1. The first kappa shape index (κ1) is 23.9. The van der Waals surface area contributed by atoms with Gasteiger partial charge in [-0.25, -0.2) is 4.79 Å². The molecule has 3 rings (SSSR count). The lowest BCUT2D eigenvalue weighted by Crippen LogP contribution is -2.34. The summed E-state index contributed by atoms with van der Waals surface area (Å²) in [7, 11) is 1.60. The van der Waals surface area contributed by atoms with Gasteiger partial charge in [0.1, 0.15) is 12.3 Å². The molecule has 0 unspecified atom stereocenters. The van der Waals surface area contributed by atoms with Gasteiger partial charge in [-0.3, -0.25) is 9.59 Å². The minimum Gasteiger partial charge on any atom is -0.497 e. The maximum Gasteiger partial charge on any atom is 0.325 e. The van der Waals surface area contributed by atoms with Gasteiger partial charge in [0, 0.05) is 25.2 Å². The van der Waals surface area contributed by atoms with Gasteiger partial charge >= 0.3 is 12.0 Å². The number of nitrogens with one attached hydrogen (secondary N) is 3. The average Bonchev–Trinajstić information content (AvgIpc) is 3.36. The number of hydrogen-bond acceptors (Lipinski definition) is 6. The standard InChI is InChI=1S/C24H30N4O5/c1-3-33-22(29)16-26-24(31)27-20-14-18(8-11-21(20)28-12-4-5-13-28)23(30)25-15-17-6-9-19(32-2)10-7-17/h6-11,14H,3-5,12-13,15-16H2,1-2H3,(H,25,30)(H2,26,27,31). The topological polar surface area (TPSA) is 109 Å². The van der Waals surface area contributed by atoms with E-state index in [9.17, 15) is 14.4 Å². The molecule has 0 radical (unpaired) electrons. The van der Waals surface area contributed by atoms with Crippen molar-refractivity contribution in [1.29, 1.82) is 0 Å². The van der Waals surface area contributed by atoms with Crippen LogP contribution in [0.3, 0.4) is 0 Å². The molecule has 0 atom stereocenters. The zero-order chi connectivity index (χ0) is 23.6. The maximum absolute atomic E-state index is 12.8. The molecule has 33 heavy (non-hydrogen) atoms. The summed E-state index contributed by atoms with van der Waals surface area (Å²) in [6.07, 6.45) is 2.14. The van der Waals surface area contributed by atoms with Crippen molar-refractivity contribution in [3.8, 4) is 5.75 Å². The van der Waals surface area contributed by atoms with Gasteiger partial charge in [-0.2, -0.15) is 0 Å². The Morgan fingerprint density at radius 1 is 1.00 bits per heavy atom. The summed E-state index contributed by atoms with van der Waals surface area (Å²) in [4.78, 5) is 38.8. The molecule has 2 aromatic rings. The van der Waals surface area contributed by atoms with E-state index in [0.717, 1.165) is 42.9 Å². The fourth-order valence-corrected chi connectivity index (χ4v) is 3.57. The first-order valence-corrected chi connectivity index (χ1v) is 11.0. The molecule has 1 aliphatic heterocycles. The Bertz CT molecular complexity index is 971. The SMILES string of the molecule is CCOC(=O)CNC(=O)Nc1cc(C(=O)NCc2ccc(OC)cc2)ccc1N1CCCC1.